The number of halogens is 1. The van der Waals surface area contributed by atoms with E-state index in [0.29, 0.717) is 10.8 Å². The van der Waals surface area contributed by atoms with Crippen molar-refractivity contribution in [3.05, 3.63) is 103 Å². The fourth-order valence-electron chi connectivity index (χ4n) is 2.72. The first-order valence-electron chi connectivity index (χ1n) is 10.4. The van der Waals surface area contributed by atoms with Crippen LogP contribution >= 0.6 is 11.9 Å². The van der Waals surface area contributed by atoms with Crippen LogP contribution in [0.3, 0.4) is 0 Å². The predicted molar refractivity (Wildman–Crippen MR) is 131 cm³/mol. The van der Waals surface area contributed by atoms with Gasteiger partial charge in [0.1, 0.15) is 5.82 Å². The number of pyridine rings is 1. The standard InChI is InChI=1S/C12H10FNS.C9H7N.C5H9NO/c13-11-8-4-5-9-12(11)15-14-10-6-2-1-3-7-10;1-2-4-9-7-10-6-5-8(9)3-1;1-6-5(7)4-2-3-4/h1-9,14H;1-7H;4H,2-3H2,1H3,(H,6,7). The van der Waals surface area contributed by atoms with Crippen LogP contribution < -0.4 is 10.0 Å². The smallest absolute Gasteiger partial charge is 0.222 e. The van der Waals surface area contributed by atoms with E-state index in [9.17, 15) is 9.18 Å². The first kappa shape index (κ1) is 23.3. The molecule has 3 aromatic carbocycles. The van der Waals surface area contributed by atoms with E-state index in [1.54, 1.807) is 19.2 Å². The van der Waals surface area contributed by atoms with Crippen molar-refractivity contribution in [2.45, 2.75) is 17.7 Å². The van der Waals surface area contributed by atoms with Gasteiger partial charge in [-0.15, -0.1) is 0 Å². The molecule has 0 saturated heterocycles. The molecule has 1 aliphatic rings. The predicted octanol–water partition coefficient (Wildman–Crippen LogP) is 6.32. The topological polar surface area (TPSA) is 54.0 Å². The molecule has 1 fully saturated rings. The third kappa shape index (κ3) is 7.71. The number of amides is 1. The number of aromatic nitrogens is 1. The molecule has 1 heterocycles. The van der Waals surface area contributed by atoms with Gasteiger partial charge >= 0.3 is 0 Å². The van der Waals surface area contributed by atoms with Crippen LogP contribution in [0.4, 0.5) is 10.1 Å². The first-order valence-corrected chi connectivity index (χ1v) is 11.2. The zero-order valence-electron chi connectivity index (χ0n) is 17.9. The summed E-state index contributed by atoms with van der Waals surface area (Å²) in [4.78, 5) is 15.1. The quantitative estimate of drug-likeness (QED) is 0.359. The number of rotatable bonds is 4. The summed E-state index contributed by atoms with van der Waals surface area (Å²) in [7, 11) is 1.68. The van der Waals surface area contributed by atoms with Gasteiger partial charge in [-0.25, -0.2) is 4.39 Å². The average Bonchev–Trinajstić information content (AvgIpc) is 3.70. The molecule has 164 valence electrons. The zero-order valence-corrected chi connectivity index (χ0v) is 18.7. The van der Waals surface area contributed by atoms with Gasteiger partial charge in [0, 0.05) is 31.0 Å². The highest BCUT2D eigenvalue weighted by Gasteiger charge is 2.28. The third-order valence-corrected chi connectivity index (χ3v) is 5.52. The van der Waals surface area contributed by atoms with Crippen LogP contribution in [-0.2, 0) is 4.79 Å². The Morgan fingerprint density at radius 2 is 1.56 bits per heavy atom. The minimum Gasteiger partial charge on any atom is -0.359 e. The summed E-state index contributed by atoms with van der Waals surface area (Å²) in [5.74, 6) is 0.371. The van der Waals surface area contributed by atoms with Gasteiger partial charge in [-0.3, -0.25) is 9.78 Å². The van der Waals surface area contributed by atoms with E-state index in [0.717, 1.165) is 18.5 Å². The van der Waals surface area contributed by atoms with Gasteiger partial charge in [-0.2, -0.15) is 0 Å². The number of fused-ring (bicyclic) bond motifs is 1. The number of para-hydroxylation sites is 1. The van der Waals surface area contributed by atoms with Gasteiger partial charge < -0.3 is 10.0 Å². The van der Waals surface area contributed by atoms with E-state index in [2.05, 4.69) is 27.2 Å². The summed E-state index contributed by atoms with van der Waals surface area (Å²) in [6.45, 7) is 0. The monoisotopic (exact) mass is 447 g/mol. The molecule has 4 nitrogen and oxygen atoms in total. The van der Waals surface area contributed by atoms with Gasteiger partial charge in [0.15, 0.2) is 0 Å². The highest BCUT2D eigenvalue weighted by molar-refractivity contribution is 8.00. The molecule has 5 rings (SSSR count). The van der Waals surface area contributed by atoms with E-state index in [1.807, 2.05) is 67.0 Å². The van der Waals surface area contributed by atoms with Crippen molar-refractivity contribution >= 4 is 34.3 Å². The van der Waals surface area contributed by atoms with Gasteiger partial charge in [0.2, 0.25) is 5.91 Å². The van der Waals surface area contributed by atoms with Crippen molar-refractivity contribution in [3.8, 4) is 0 Å². The number of anilines is 1. The molecule has 32 heavy (non-hydrogen) atoms. The Bertz CT molecular complexity index is 1050. The highest BCUT2D eigenvalue weighted by atomic mass is 32.2. The van der Waals surface area contributed by atoms with Crippen molar-refractivity contribution in [1.29, 1.82) is 0 Å². The lowest BCUT2D eigenvalue weighted by Crippen LogP contribution is -2.18. The maximum atomic E-state index is 13.2. The molecule has 1 saturated carbocycles. The summed E-state index contributed by atoms with van der Waals surface area (Å²) >= 11 is 1.28. The Morgan fingerprint density at radius 3 is 2.19 bits per heavy atom. The van der Waals surface area contributed by atoms with Crippen molar-refractivity contribution in [2.24, 2.45) is 5.92 Å². The van der Waals surface area contributed by atoms with Gasteiger partial charge in [-0.1, -0.05) is 54.6 Å². The van der Waals surface area contributed by atoms with E-state index in [4.69, 9.17) is 0 Å². The summed E-state index contributed by atoms with van der Waals surface area (Å²) < 4.78 is 16.3. The molecule has 0 aliphatic heterocycles. The molecule has 6 heteroatoms. The van der Waals surface area contributed by atoms with E-state index in [1.165, 1.54) is 28.8 Å². The van der Waals surface area contributed by atoms with Crippen molar-refractivity contribution < 1.29 is 9.18 Å². The maximum absolute atomic E-state index is 13.2. The molecule has 4 aromatic rings. The lowest BCUT2D eigenvalue weighted by Gasteiger charge is -2.05. The molecule has 1 amide bonds. The highest BCUT2D eigenvalue weighted by Crippen LogP contribution is 2.28. The number of hydrogen-bond donors (Lipinski definition) is 2. The largest absolute Gasteiger partial charge is 0.359 e. The Balaban J connectivity index is 0.000000146. The Labute approximate surface area is 192 Å². The third-order valence-electron chi connectivity index (χ3n) is 4.63. The van der Waals surface area contributed by atoms with E-state index < -0.39 is 0 Å². The summed E-state index contributed by atoms with van der Waals surface area (Å²) in [6, 6.07) is 26.6. The Kier molecular flexibility index (Phi) is 9.07. The lowest BCUT2D eigenvalue weighted by molar-refractivity contribution is -0.121. The number of hydrogen-bond acceptors (Lipinski definition) is 4. The van der Waals surface area contributed by atoms with Crippen LogP contribution in [0.15, 0.2) is 102 Å². The molecular weight excluding hydrogens is 421 g/mol. The number of carbonyl (C=O) groups is 1. The van der Waals surface area contributed by atoms with Crippen molar-refractivity contribution in [3.63, 3.8) is 0 Å². The Morgan fingerprint density at radius 1 is 0.906 bits per heavy atom. The van der Waals surface area contributed by atoms with Crippen molar-refractivity contribution in [1.82, 2.24) is 10.3 Å². The van der Waals surface area contributed by atoms with E-state index in [-0.39, 0.29) is 11.7 Å². The fraction of sp³-hybridized carbons (Fsp3) is 0.154. The van der Waals surface area contributed by atoms with Gasteiger partial charge in [0.25, 0.3) is 0 Å². The fourth-order valence-corrected chi connectivity index (χ4v) is 3.40. The summed E-state index contributed by atoms with van der Waals surface area (Å²) in [5.41, 5.74) is 0.964. The van der Waals surface area contributed by atoms with Crippen LogP contribution in [0.25, 0.3) is 10.8 Å². The minimum atomic E-state index is -0.203. The first-order chi connectivity index (χ1) is 15.7. The second kappa shape index (κ2) is 12.5. The molecular formula is C26H26FN3OS. The van der Waals surface area contributed by atoms with Crippen LogP contribution in [0.2, 0.25) is 0 Å². The summed E-state index contributed by atoms with van der Waals surface area (Å²) in [6.07, 6.45) is 5.87. The van der Waals surface area contributed by atoms with Crippen LogP contribution in [0.5, 0.6) is 0 Å². The number of carbonyl (C=O) groups excluding carboxylic acids is 1. The molecule has 0 atom stereocenters. The average molecular weight is 448 g/mol. The van der Waals surface area contributed by atoms with Gasteiger partial charge in [0.05, 0.1) is 4.90 Å². The molecule has 0 bridgehead atoms. The number of benzene rings is 3. The minimum absolute atomic E-state index is 0.203. The molecule has 0 unspecified atom stereocenters. The van der Waals surface area contributed by atoms with Crippen LogP contribution in [0, 0.1) is 11.7 Å². The lowest BCUT2D eigenvalue weighted by atomic mass is 10.2. The second-order valence-corrected chi connectivity index (χ2v) is 7.96. The Hall–Kier alpha value is -3.38. The maximum Gasteiger partial charge on any atom is 0.222 e. The van der Waals surface area contributed by atoms with E-state index >= 15 is 0 Å². The molecule has 1 aromatic heterocycles. The SMILES string of the molecule is CNC(=O)C1CC1.Fc1ccccc1SNc1ccccc1.c1ccc2cnccc2c1. The number of nitrogens with zero attached hydrogens (tertiary/aromatic N) is 1. The molecule has 0 spiro atoms. The second-order valence-electron chi connectivity index (χ2n) is 7.11. The van der Waals surface area contributed by atoms with Crippen LogP contribution in [0.1, 0.15) is 12.8 Å². The molecule has 1 aliphatic carbocycles. The number of nitrogens with one attached hydrogen (secondary N) is 2. The molecule has 0 radical (unpaired) electrons. The normalized spacial score (nSPS) is 11.9. The summed E-state index contributed by atoms with van der Waals surface area (Å²) in [5, 5.41) is 5.03. The van der Waals surface area contributed by atoms with Gasteiger partial charge in [-0.05, 0) is 65.9 Å². The van der Waals surface area contributed by atoms with Crippen LogP contribution in [-0.4, -0.2) is 17.9 Å². The molecule has 2 N–H and O–H groups in total. The zero-order chi connectivity index (χ0) is 22.6. The van der Waals surface area contributed by atoms with Crippen molar-refractivity contribution in [2.75, 3.05) is 11.8 Å².